The van der Waals surface area contributed by atoms with Crippen molar-refractivity contribution < 1.29 is 14.3 Å². The highest BCUT2D eigenvalue weighted by molar-refractivity contribution is 6.25. The second kappa shape index (κ2) is 9.26. The zero-order chi connectivity index (χ0) is 14.8. The van der Waals surface area contributed by atoms with Gasteiger partial charge in [-0.25, -0.2) is 0 Å². The lowest BCUT2D eigenvalue weighted by Crippen LogP contribution is -2.16. The molecule has 0 heterocycles. The van der Waals surface area contributed by atoms with E-state index in [9.17, 15) is 0 Å². The van der Waals surface area contributed by atoms with E-state index in [1.807, 2.05) is 45.0 Å². The largest absolute Gasteiger partial charge is 0.490 e. The SMILES string of the molecule is CC(C)=NOC(C)COc1ccc(OCC=CCl)cc1. The van der Waals surface area contributed by atoms with E-state index < -0.39 is 0 Å². The standard InChI is InChI=1S/C15H20ClNO3/c1-12(2)17-20-13(3)11-19-15-7-5-14(6-8-15)18-10-4-9-16/h4-9,13H,10-11H2,1-3H3. The number of oxime groups is 1. The minimum atomic E-state index is -0.102. The van der Waals surface area contributed by atoms with Gasteiger partial charge in [-0.15, -0.1) is 0 Å². The molecule has 4 nitrogen and oxygen atoms in total. The molecule has 0 saturated carbocycles. The van der Waals surface area contributed by atoms with Crippen LogP contribution in [0.15, 0.2) is 41.0 Å². The lowest BCUT2D eigenvalue weighted by atomic mass is 10.3. The molecule has 0 saturated heterocycles. The summed E-state index contributed by atoms with van der Waals surface area (Å²) < 4.78 is 11.0. The maximum atomic E-state index is 5.60. The van der Waals surface area contributed by atoms with Gasteiger partial charge in [0, 0.05) is 5.54 Å². The Balaban J connectivity index is 2.35. The van der Waals surface area contributed by atoms with Crippen LogP contribution in [0.3, 0.4) is 0 Å². The molecule has 1 atom stereocenters. The first-order chi connectivity index (χ1) is 9.61. The summed E-state index contributed by atoms with van der Waals surface area (Å²) in [4.78, 5) is 5.23. The maximum Gasteiger partial charge on any atom is 0.158 e. The second-order valence-corrected chi connectivity index (χ2v) is 4.66. The van der Waals surface area contributed by atoms with Crippen molar-refractivity contribution in [2.75, 3.05) is 13.2 Å². The van der Waals surface area contributed by atoms with Crippen molar-refractivity contribution in [3.63, 3.8) is 0 Å². The highest BCUT2D eigenvalue weighted by Gasteiger charge is 2.04. The predicted molar refractivity (Wildman–Crippen MR) is 81.8 cm³/mol. The van der Waals surface area contributed by atoms with E-state index >= 15 is 0 Å². The smallest absolute Gasteiger partial charge is 0.158 e. The molecule has 1 unspecified atom stereocenters. The Hall–Kier alpha value is -1.68. The quantitative estimate of drug-likeness (QED) is 0.538. The molecule has 1 aromatic rings. The monoisotopic (exact) mass is 297 g/mol. The number of ether oxygens (including phenoxy) is 2. The van der Waals surface area contributed by atoms with Crippen LogP contribution < -0.4 is 9.47 Å². The maximum absolute atomic E-state index is 5.60. The molecule has 0 spiro atoms. The van der Waals surface area contributed by atoms with Gasteiger partial charge in [-0.2, -0.15) is 0 Å². The fourth-order valence-corrected chi connectivity index (χ4v) is 1.32. The number of halogens is 1. The van der Waals surface area contributed by atoms with E-state index in [0.717, 1.165) is 17.2 Å². The normalized spacial score (nSPS) is 12.0. The summed E-state index contributed by atoms with van der Waals surface area (Å²) in [5, 5.41) is 3.89. The van der Waals surface area contributed by atoms with E-state index in [2.05, 4.69) is 5.16 Å². The molecule has 110 valence electrons. The van der Waals surface area contributed by atoms with Gasteiger partial charge in [0.15, 0.2) is 6.10 Å². The summed E-state index contributed by atoms with van der Waals surface area (Å²) in [5.74, 6) is 1.53. The van der Waals surface area contributed by atoms with Crippen molar-refractivity contribution in [1.82, 2.24) is 0 Å². The molecule has 1 aromatic carbocycles. The Labute approximate surface area is 125 Å². The van der Waals surface area contributed by atoms with Gasteiger partial charge in [-0.1, -0.05) is 16.8 Å². The molecule has 0 bridgehead atoms. The highest BCUT2D eigenvalue weighted by atomic mass is 35.5. The summed E-state index contributed by atoms with van der Waals surface area (Å²) in [6.45, 7) is 6.55. The summed E-state index contributed by atoms with van der Waals surface area (Å²) >= 11 is 5.41. The van der Waals surface area contributed by atoms with Gasteiger partial charge < -0.3 is 14.3 Å². The van der Waals surface area contributed by atoms with E-state index in [0.29, 0.717) is 13.2 Å². The van der Waals surface area contributed by atoms with Crippen LogP contribution in [0.25, 0.3) is 0 Å². The molecule has 20 heavy (non-hydrogen) atoms. The van der Waals surface area contributed by atoms with Crippen LogP contribution in [-0.4, -0.2) is 25.0 Å². The summed E-state index contributed by atoms with van der Waals surface area (Å²) in [6.07, 6.45) is 1.62. The van der Waals surface area contributed by atoms with Crippen molar-refractivity contribution in [1.29, 1.82) is 0 Å². The van der Waals surface area contributed by atoms with Crippen molar-refractivity contribution >= 4 is 17.3 Å². The molecule has 0 fully saturated rings. The Morgan fingerprint density at radius 3 is 2.35 bits per heavy atom. The lowest BCUT2D eigenvalue weighted by Gasteiger charge is -2.12. The summed E-state index contributed by atoms with van der Waals surface area (Å²) in [6, 6.07) is 7.39. The van der Waals surface area contributed by atoms with Crippen LogP contribution in [0.4, 0.5) is 0 Å². The Morgan fingerprint density at radius 1 is 1.20 bits per heavy atom. The number of hydrogen-bond acceptors (Lipinski definition) is 4. The average Bonchev–Trinajstić information content (AvgIpc) is 2.44. The molecule has 0 aliphatic heterocycles. The van der Waals surface area contributed by atoms with Crippen molar-refractivity contribution in [3.05, 3.63) is 35.9 Å². The van der Waals surface area contributed by atoms with E-state index in [1.165, 1.54) is 5.54 Å². The molecule has 1 rings (SSSR count). The van der Waals surface area contributed by atoms with Gasteiger partial charge in [-0.3, -0.25) is 0 Å². The third-order valence-corrected chi connectivity index (χ3v) is 2.34. The molecule has 0 N–H and O–H groups in total. The van der Waals surface area contributed by atoms with Gasteiger partial charge in [0.05, 0.1) is 5.71 Å². The van der Waals surface area contributed by atoms with E-state index in [-0.39, 0.29) is 6.10 Å². The number of benzene rings is 1. The molecule has 0 radical (unpaired) electrons. The Kier molecular flexibility index (Phi) is 7.58. The molecular formula is C15H20ClNO3. The zero-order valence-corrected chi connectivity index (χ0v) is 12.8. The first kappa shape index (κ1) is 16.4. The van der Waals surface area contributed by atoms with Crippen LogP contribution in [-0.2, 0) is 4.84 Å². The van der Waals surface area contributed by atoms with Crippen molar-refractivity contribution in [2.45, 2.75) is 26.9 Å². The second-order valence-electron chi connectivity index (χ2n) is 4.41. The first-order valence-corrected chi connectivity index (χ1v) is 6.83. The molecule has 5 heteroatoms. The molecule has 0 aliphatic carbocycles. The summed E-state index contributed by atoms with van der Waals surface area (Å²) in [7, 11) is 0. The number of hydrogen-bond donors (Lipinski definition) is 0. The van der Waals surface area contributed by atoms with Crippen LogP contribution in [0.2, 0.25) is 0 Å². The van der Waals surface area contributed by atoms with Crippen LogP contribution >= 0.6 is 11.6 Å². The minimum Gasteiger partial charge on any atom is -0.490 e. The number of rotatable bonds is 8. The van der Waals surface area contributed by atoms with Gasteiger partial charge in [0.25, 0.3) is 0 Å². The van der Waals surface area contributed by atoms with Gasteiger partial charge >= 0.3 is 0 Å². The molecular weight excluding hydrogens is 278 g/mol. The van der Waals surface area contributed by atoms with Gasteiger partial charge in [0.1, 0.15) is 24.7 Å². The highest BCUT2D eigenvalue weighted by Crippen LogP contribution is 2.18. The van der Waals surface area contributed by atoms with Crippen LogP contribution in [0.1, 0.15) is 20.8 Å². The van der Waals surface area contributed by atoms with Crippen molar-refractivity contribution in [2.24, 2.45) is 5.16 Å². The Morgan fingerprint density at radius 2 is 1.80 bits per heavy atom. The molecule has 0 amide bonds. The third kappa shape index (κ3) is 7.04. The van der Waals surface area contributed by atoms with Gasteiger partial charge in [-0.05, 0) is 51.1 Å². The van der Waals surface area contributed by atoms with Crippen molar-refractivity contribution in [3.8, 4) is 11.5 Å². The molecule has 0 aliphatic rings. The van der Waals surface area contributed by atoms with E-state index in [1.54, 1.807) is 6.08 Å². The van der Waals surface area contributed by atoms with Crippen LogP contribution in [0, 0.1) is 0 Å². The average molecular weight is 298 g/mol. The predicted octanol–water partition coefficient (Wildman–Crippen LogP) is 4.00. The fraction of sp³-hybridized carbons (Fsp3) is 0.400. The Bertz CT molecular complexity index is 439. The van der Waals surface area contributed by atoms with E-state index in [4.69, 9.17) is 25.9 Å². The zero-order valence-electron chi connectivity index (χ0n) is 12.0. The van der Waals surface area contributed by atoms with Crippen LogP contribution in [0.5, 0.6) is 11.5 Å². The molecule has 0 aromatic heterocycles. The lowest BCUT2D eigenvalue weighted by molar-refractivity contribution is 0.0364. The minimum absolute atomic E-state index is 0.102. The third-order valence-electron chi connectivity index (χ3n) is 2.16. The topological polar surface area (TPSA) is 40.0 Å². The summed E-state index contributed by atoms with van der Waals surface area (Å²) in [5.41, 5.74) is 2.31. The fourth-order valence-electron chi connectivity index (χ4n) is 1.25. The number of nitrogens with zero attached hydrogens (tertiary/aromatic N) is 1. The van der Waals surface area contributed by atoms with Gasteiger partial charge in [0.2, 0.25) is 0 Å². The first-order valence-electron chi connectivity index (χ1n) is 6.39.